The average Bonchev–Trinajstić information content (AvgIpc) is 2.58. The van der Waals surface area contributed by atoms with Gasteiger partial charge in [-0.1, -0.05) is 11.6 Å². The number of rotatable bonds is 5. The summed E-state index contributed by atoms with van der Waals surface area (Å²) < 4.78 is 32.3. The summed E-state index contributed by atoms with van der Waals surface area (Å²) in [5.74, 6) is -4.17. The minimum absolute atomic E-state index is 0. The van der Waals surface area contributed by atoms with Crippen LogP contribution in [0.1, 0.15) is 13.8 Å². The van der Waals surface area contributed by atoms with E-state index in [-0.39, 0.29) is 47.0 Å². The first kappa shape index (κ1) is 25.6. The fourth-order valence-corrected chi connectivity index (χ4v) is 3.31. The van der Waals surface area contributed by atoms with Crippen molar-refractivity contribution in [3.05, 3.63) is 0 Å². The third-order valence-corrected chi connectivity index (χ3v) is 5.31. The van der Waals surface area contributed by atoms with Gasteiger partial charge in [0.1, 0.15) is 6.04 Å². The van der Waals surface area contributed by atoms with Crippen molar-refractivity contribution in [2.24, 2.45) is 0 Å². The van der Waals surface area contributed by atoms with E-state index in [2.05, 4.69) is 10.6 Å². The summed E-state index contributed by atoms with van der Waals surface area (Å²) in [5, 5.41) is 4.16. The Bertz CT molecular complexity index is 850. The molecule has 2 saturated heterocycles. The van der Waals surface area contributed by atoms with Crippen molar-refractivity contribution in [2.75, 3.05) is 26.2 Å². The molecule has 16 heteroatoms. The van der Waals surface area contributed by atoms with Gasteiger partial charge in [-0.15, -0.1) is 0 Å². The van der Waals surface area contributed by atoms with E-state index < -0.39 is 57.5 Å². The van der Waals surface area contributed by atoms with Crippen LogP contribution in [0.5, 0.6) is 0 Å². The average molecular weight is 462 g/mol. The summed E-state index contributed by atoms with van der Waals surface area (Å²) in [4.78, 5) is 59.6. The third kappa shape index (κ3) is 5.38. The van der Waals surface area contributed by atoms with Crippen LogP contribution in [0.4, 0.5) is 4.79 Å². The largest absolute Gasteiger partial charge is 1.00 e. The van der Waals surface area contributed by atoms with Gasteiger partial charge in [0.25, 0.3) is 11.8 Å². The van der Waals surface area contributed by atoms with Crippen LogP contribution in [0.25, 0.3) is 0 Å². The SMILES string of the molecule is CCN1CCN(C(=O)NC(C)(Cl)C(=O)NC2CN(S(=O)(=O)[O-])C2=O)C(=O)C1=O.[Na+]. The molecule has 2 aliphatic heterocycles. The number of alkyl halides is 1. The Kier molecular flexibility index (Phi) is 8.06. The molecule has 0 aromatic heterocycles. The molecule has 0 aromatic carbocycles. The second kappa shape index (κ2) is 9.14. The predicted octanol–water partition coefficient (Wildman–Crippen LogP) is -5.87. The maximum atomic E-state index is 12.2. The molecule has 156 valence electrons. The number of hydrogen-bond acceptors (Lipinski definition) is 8. The Morgan fingerprint density at radius 3 is 2.31 bits per heavy atom. The number of β-lactam (4-membered cyclic amide) rings is 1. The van der Waals surface area contributed by atoms with Gasteiger partial charge in [-0.05, 0) is 13.8 Å². The topological polar surface area (TPSA) is 176 Å². The van der Waals surface area contributed by atoms with E-state index in [0.717, 1.165) is 6.92 Å². The quantitative estimate of drug-likeness (QED) is 0.101. The van der Waals surface area contributed by atoms with Crippen molar-refractivity contribution < 1.29 is 66.5 Å². The molecule has 2 aliphatic rings. The van der Waals surface area contributed by atoms with Crippen LogP contribution < -0.4 is 40.2 Å². The van der Waals surface area contributed by atoms with Crippen LogP contribution in [-0.2, 0) is 29.5 Å². The van der Waals surface area contributed by atoms with Crippen molar-refractivity contribution in [3.8, 4) is 0 Å². The smallest absolute Gasteiger partial charge is 0.731 e. The molecule has 29 heavy (non-hydrogen) atoms. The molecule has 0 radical (unpaired) electrons. The van der Waals surface area contributed by atoms with Gasteiger partial charge < -0.3 is 20.1 Å². The minimum atomic E-state index is -4.97. The molecular weight excluding hydrogens is 445 g/mol. The monoisotopic (exact) mass is 461 g/mol. The number of likely N-dealkylation sites (N-methyl/N-ethyl adjacent to an activating group) is 1. The van der Waals surface area contributed by atoms with E-state index in [1.54, 1.807) is 6.92 Å². The molecule has 2 atom stereocenters. The van der Waals surface area contributed by atoms with Gasteiger partial charge in [-0.3, -0.25) is 24.1 Å². The molecule has 0 aromatic rings. The molecule has 2 unspecified atom stereocenters. The summed E-state index contributed by atoms with van der Waals surface area (Å²) in [6.07, 6.45) is 0. The summed E-state index contributed by atoms with van der Waals surface area (Å²) in [6.45, 7) is 2.47. The molecule has 2 rings (SSSR count). The van der Waals surface area contributed by atoms with E-state index in [4.69, 9.17) is 11.6 Å². The zero-order valence-electron chi connectivity index (χ0n) is 15.8. The summed E-state index contributed by atoms with van der Waals surface area (Å²) in [7, 11) is -4.97. The van der Waals surface area contributed by atoms with E-state index in [1.807, 2.05) is 0 Å². The number of piperazine rings is 1. The Hall–Kier alpha value is -1.45. The second-order valence-corrected chi connectivity index (χ2v) is 8.18. The van der Waals surface area contributed by atoms with Gasteiger partial charge in [0.05, 0.1) is 6.54 Å². The van der Waals surface area contributed by atoms with Crippen LogP contribution in [-0.4, -0.2) is 94.0 Å². The van der Waals surface area contributed by atoms with Crippen molar-refractivity contribution >= 4 is 51.6 Å². The number of urea groups is 1. The molecule has 2 heterocycles. The molecule has 2 fully saturated rings. The second-order valence-electron chi connectivity index (χ2n) is 6.13. The van der Waals surface area contributed by atoms with Crippen molar-refractivity contribution in [2.45, 2.75) is 24.9 Å². The predicted molar refractivity (Wildman–Crippen MR) is 90.1 cm³/mol. The number of carbonyl (C=O) groups excluding carboxylic acids is 5. The molecule has 13 nitrogen and oxygen atoms in total. The molecule has 0 spiro atoms. The van der Waals surface area contributed by atoms with E-state index in [0.29, 0.717) is 11.4 Å². The molecule has 0 saturated carbocycles. The zero-order valence-corrected chi connectivity index (χ0v) is 19.4. The third-order valence-electron chi connectivity index (χ3n) is 4.17. The first-order valence-electron chi connectivity index (χ1n) is 7.99. The van der Waals surface area contributed by atoms with E-state index in [1.165, 1.54) is 4.90 Å². The Morgan fingerprint density at radius 1 is 1.24 bits per heavy atom. The van der Waals surface area contributed by atoms with E-state index >= 15 is 0 Å². The summed E-state index contributed by atoms with van der Waals surface area (Å²) >= 11 is 5.96. The molecular formula is C13H17ClN5NaO8S. The fourth-order valence-electron chi connectivity index (χ4n) is 2.49. The van der Waals surface area contributed by atoms with Crippen LogP contribution in [0.3, 0.4) is 0 Å². The fraction of sp³-hybridized carbons (Fsp3) is 0.615. The van der Waals surface area contributed by atoms with Crippen LogP contribution in [0, 0.1) is 0 Å². The number of carbonyl (C=O) groups is 5. The first-order chi connectivity index (χ1) is 12.8. The molecule has 6 amide bonds. The van der Waals surface area contributed by atoms with Crippen molar-refractivity contribution in [3.63, 3.8) is 0 Å². The number of nitrogens with zero attached hydrogens (tertiary/aromatic N) is 3. The zero-order chi connectivity index (χ0) is 21.4. The van der Waals surface area contributed by atoms with Crippen LogP contribution in [0.15, 0.2) is 0 Å². The number of hydrogen-bond donors (Lipinski definition) is 2. The Balaban J connectivity index is 0.00000420. The van der Waals surface area contributed by atoms with Gasteiger partial charge in [0.2, 0.25) is 0 Å². The van der Waals surface area contributed by atoms with Crippen LogP contribution >= 0.6 is 11.6 Å². The van der Waals surface area contributed by atoms with Crippen LogP contribution in [0.2, 0.25) is 0 Å². The van der Waals surface area contributed by atoms with Gasteiger partial charge in [-0.2, -0.15) is 0 Å². The summed E-state index contributed by atoms with van der Waals surface area (Å²) in [5.41, 5.74) is 0. The summed E-state index contributed by atoms with van der Waals surface area (Å²) in [6, 6.07) is -2.40. The molecule has 0 bridgehead atoms. The molecule has 0 aliphatic carbocycles. The maximum absolute atomic E-state index is 12.2. The normalized spacial score (nSPS) is 21.7. The van der Waals surface area contributed by atoms with Gasteiger partial charge >= 0.3 is 47.4 Å². The van der Waals surface area contributed by atoms with E-state index in [9.17, 15) is 36.9 Å². The van der Waals surface area contributed by atoms with Gasteiger partial charge in [0.15, 0.2) is 15.3 Å². The number of amides is 6. The van der Waals surface area contributed by atoms with Gasteiger partial charge in [-0.25, -0.2) is 17.5 Å². The molecule has 2 N–H and O–H groups in total. The first-order valence-corrected chi connectivity index (χ1v) is 9.74. The maximum Gasteiger partial charge on any atom is 1.00 e. The number of nitrogens with one attached hydrogen (secondary N) is 2. The van der Waals surface area contributed by atoms with Gasteiger partial charge in [0, 0.05) is 19.6 Å². The number of halogens is 1. The number of imide groups is 1. The van der Waals surface area contributed by atoms with Crippen molar-refractivity contribution in [1.29, 1.82) is 0 Å². The minimum Gasteiger partial charge on any atom is -0.731 e. The Labute approximate surface area is 193 Å². The van der Waals surface area contributed by atoms with Crippen molar-refractivity contribution in [1.82, 2.24) is 24.7 Å². The standard InChI is InChI=1S/C13H18ClN5O8S.Na/c1-3-17-4-5-18(10(22)9(17)21)12(24)16-13(2,14)11(23)15-7-6-19(8(7)20)28(25,26)27;/h7H,3-6H2,1-2H3,(H,15,23)(H,16,24)(H,25,26,27);/q;+1/p-1. The Morgan fingerprint density at radius 2 is 1.83 bits per heavy atom.